The highest BCUT2D eigenvalue weighted by Gasteiger charge is 2.20. The molecule has 0 bridgehead atoms. The quantitative estimate of drug-likeness (QED) is 0.233. The fourth-order valence-corrected chi connectivity index (χ4v) is 4.92. The van der Waals surface area contributed by atoms with Crippen molar-refractivity contribution in [3.05, 3.63) is 83.6 Å². The summed E-state index contributed by atoms with van der Waals surface area (Å²) in [5.74, 6) is 1.70. The number of fused-ring (bicyclic) bond motifs is 2. The Morgan fingerprint density at radius 1 is 0.897 bits per heavy atom. The van der Waals surface area contributed by atoms with Crippen LogP contribution < -0.4 is 24.8 Å². The Balaban J connectivity index is 0.00000353. The van der Waals surface area contributed by atoms with Crippen LogP contribution >= 0.6 is 12.4 Å². The first-order valence-corrected chi connectivity index (χ1v) is 12.7. The van der Waals surface area contributed by atoms with Crippen LogP contribution in [0.25, 0.3) is 17.0 Å². The maximum absolute atomic E-state index is 12.9. The number of aromatic nitrogens is 1. The molecule has 0 radical (unpaired) electrons. The van der Waals surface area contributed by atoms with E-state index in [4.69, 9.17) is 19.2 Å². The molecule has 0 spiro atoms. The monoisotopic (exact) mass is 545 g/mol. The maximum atomic E-state index is 12.9. The molecular formula is C31H32ClN3O4. The molecule has 202 valence electrons. The standard InChI is InChI=1S/C31H31N3O4.ClH/c1-36-27-13-7-6-12-26(27)34-30-22-10-4-5-11-24(22)33-25-17-16-21(19-23(25)30)32-29(35)18-15-20-9-8-14-28(37-2)31(20)38-3;/h6-9,12-19H,4-5,10-11H2,1-3H3,(H,32,35)(H,33,34);1H. The summed E-state index contributed by atoms with van der Waals surface area (Å²) in [6.45, 7) is 0. The lowest BCUT2D eigenvalue weighted by Crippen LogP contribution is -2.11. The molecule has 0 saturated heterocycles. The van der Waals surface area contributed by atoms with Crippen molar-refractivity contribution in [3.8, 4) is 17.2 Å². The number of hydrogen-bond acceptors (Lipinski definition) is 6. The Bertz CT molecular complexity index is 1520. The summed E-state index contributed by atoms with van der Waals surface area (Å²) in [5.41, 5.74) is 6.58. The fraction of sp³-hybridized carbons (Fsp3) is 0.226. The zero-order valence-corrected chi connectivity index (χ0v) is 23.1. The van der Waals surface area contributed by atoms with Gasteiger partial charge in [-0.1, -0.05) is 24.3 Å². The molecule has 0 fully saturated rings. The minimum Gasteiger partial charge on any atom is -0.495 e. The van der Waals surface area contributed by atoms with Crippen LogP contribution in [-0.4, -0.2) is 32.2 Å². The molecule has 5 rings (SSSR count). The van der Waals surface area contributed by atoms with Crippen LogP contribution in [0.15, 0.2) is 66.7 Å². The van der Waals surface area contributed by atoms with Crippen molar-refractivity contribution in [1.82, 2.24) is 4.98 Å². The van der Waals surface area contributed by atoms with E-state index in [-0.39, 0.29) is 18.3 Å². The predicted octanol–water partition coefficient (Wildman–Crippen LogP) is 6.96. The van der Waals surface area contributed by atoms with Gasteiger partial charge in [-0.15, -0.1) is 12.4 Å². The molecule has 0 aliphatic heterocycles. The predicted molar refractivity (Wildman–Crippen MR) is 159 cm³/mol. The van der Waals surface area contributed by atoms with E-state index in [1.807, 2.05) is 60.7 Å². The van der Waals surface area contributed by atoms with Crippen LogP contribution in [0.1, 0.15) is 29.7 Å². The second-order valence-corrected chi connectivity index (χ2v) is 9.08. The van der Waals surface area contributed by atoms with Crippen molar-refractivity contribution in [2.45, 2.75) is 25.7 Å². The first-order chi connectivity index (χ1) is 18.6. The van der Waals surface area contributed by atoms with Crippen LogP contribution in [0.3, 0.4) is 0 Å². The number of rotatable bonds is 8. The zero-order valence-electron chi connectivity index (χ0n) is 22.2. The van der Waals surface area contributed by atoms with Crippen molar-refractivity contribution in [3.63, 3.8) is 0 Å². The number of nitrogens with zero attached hydrogens (tertiary/aromatic N) is 1. The normalized spacial score (nSPS) is 12.4. The second-order valence-electron chi connectivity index (χ2n) is 9.08. The molecule has 0 unspecified atom stereocenters. The number of nitrogens with one attached hydrogen (secondary N) is 2. The molecule has 39 heavy (non-hydrogen) atoms. The number of pyridine rings is 1. The molecule has 4 aromatic rings. The van der Waals surface area contributed by atoms with Gasteiger partial charge in [0.1, 0.15) is 5.75 Å². The van der Waals surface area contributed by atoms with E-state index < -0.39 is 0 Å². The highest BCUT2D eigenvalue weighted by molar-refractivity contribution is 6.05. The lowest BCUT2D eigenvalue weighted by Gasteiger charge is -2.22. The van der Waals surface area contributed by atoms with E-state index >= 15 is 0 Å². The molecule has 1 heterocycles. The minimum absolute atomic E-state index is 0. The number of ether oxygens (including phenoxy) is 3. The van der Waals surface area contributed by atoms with Crippen LogP contribution in [-0.2, 0) is 17.6 Å². The van der Waals surface area contributed by atoms with Gasteiger partial charge in [-0.3, -0.25) is 9.78 Å². The Kier molecular flexibility index (Phi) is 8.94. The van der Waals surface area contributed by atoms with E-state index in [2.05, 4.69) is 10.6 Å². The van der Waals surface area contributed by atoms with E-state index in [1.54, 1.807) is 27.4 Å². The zero-order chi connectivity index (χ0) is 26.5. The first kappa shape index (κ1) is 27.8. The lowest BCUT2D eigenvalue weighted by atomic mass is 9.92. The minimum atomic E-state index is -0.251. The number of carbonyl (C=O) groups is 1. The average molecular weight is 546 g/mol. The molecule has 1 aliphatic rings. The molecule has 3 aromatic carbocycles. The van der Waals surface area contributed by atoms with E-state index in [0.29, 0.717) is 17.2 Å². The number of aryl methyl sites for hydroxylation is 1. The number of para-hydroxylation sites is 3. The SMILES string of the molecule is COc1ccccc1Nc1c2c(nc3ccc(NC(=O)C=Cc4cccc(OC)c4OC)cc13)CCCC2.Cl. The number of carbonyl (C=O) groups excluding carboxylic acids is 1. The first-order valence-electron chi connectivity index (χ1n) is 12.7. The van der Waals surface area contributed by atoms with Crippen molar-refractivity contribution in [2.75, 3.05) is 32.0 Å². The molecule has 1 aromatic heterocycles. The van der Waals surface area contributed by atoms with Gasteiger partial charge in [-0.2, -0.15) is 0 Å². The summed E-state index contributed by atoms with van der Waals surface area (Å²) in [6.07, 6.45) is 7.37. The summed E-state index contributed by atoms with van der Waals surface area (Å²) in [4.78, 5) is 17.8. The van der Waals surface area contributed by atoms with Gasteiger partial charge < -0.3 is 24.8 Å². The van der Waals surface area contributed by atoms with Crippen molar-refractivity contribution in [2.24, 2.45) is 0 Å². The number of anilines is 3. The number of methoxy groups -OCH3 is 3. The molecule has 2 N–H and O–H groups in total. The Morgan fingerprint density at radius 3 is 2.46 bits per heavy atom. The van der Waals surface area contributed by atoms with Gasteiger partial charge >= 0.3 is 0 Å². The highest BCUT2D eigenvalue weighted by Crippen LogP contribution is 2.38. The summed E-state index contributed by atoms with van der Waals surface area (Å²) in [6, 6.07) is 19.2. The Labute approximate surface area is 234 Å². The van der Waals surface area contributed by atoms with Crippen molar-refractivity contribution < 1.29 is 19.0 Å². The molecule has 8 heteroatoms. The Morgan fingerprint density at radius 2 is 1.67 bits per heavy atom. The van der Waals surface area contributed by atoms with Gasteiger partial charge in [0.15, 0.2) is 11.5 Å². The largest absolute Gasteiger partial charge is 0.495 e. The maximum Gasteiger partial charge on any atom is 0.248 e. The van der Waals surface area contributed by atoms with Gasteiger partial charge in [-0.05, 0) is 73.7 Å². The van der Waals surface area contributed by atoms with E-state index in [1.165, 1.54) is 11.6 Å². The fourth-order valence-electron chi connectivity index (χ4n) is 4.92. The topological polar surface area (TPSA) is 81.7 Å². The second kappa shape index (κ2) is 12.5. The number of benzene rings is 3. The summed E-state index contributed by atoms with van der Waals surface area (Å²) < 4.78 is 16.4. The van der Waals surface area contributed by atoms with Crippen molar-refractivity contribution >= 4 is 52.4 Å². The van der Waals surface area contributed by atoms with Gasteiger partial charge in [0, 0.05) is 28.4 Å². The number of amides is 1. The van der Waals surface area contributed by atoms with E-state index in [0.717, 1.165) is 65.0 Å². The summed E-state index contributed by atoms with van der Waals surface area (Å²) in [7, 11) is 4.83. The molecule has 1 aliphatic carbocycles. The summed E-state index contributed by atoms with van der Waals surface area (Å²) >= 11 is 0. The molecule has 0 atom stereocenters. The van der Waals surface area contributed by atoms with Gasteiger partial charge in [-0.25, -0.2) is 0 Å². The number of hydrogen-bond donors (Lipinski definition) is 2. The smallest absolute Gasteiger partial charge is 0.248 e. The van der Waals surface area contributed by atoms with Crippen LogP contribution in [0.5, 0.6) is 17.2 Å². The molecule has 0 saturated carbocycles. The van der Waals surface area contributed by atoms with Gasteiger partial charge in [0.05, 0.1) is 38.2 Å². The molecule has 7 nitrogen and oxygen atoms in total. The third kappa shape index (κ3) is 5.94. The van der Waals surface area contributed by atoms with Crippen LogP contribution in [0.2, 0.25) is 0 Å². The van der Waals surface area contributed by atoms with E-state index in [9.17, 15) is 4.79 Å². The molecular weight excluding hydrogens is 514 g/mol. The highest BCUT2D eigenvalue weighted by atomic mass is 35.5. The van der Waals surface area contributed by atoms with Crippen molar-refractivity contribution in [1.29, 1.82) is 0 Å². The molecule has 1 amide bonds. The van der Waals surface area contributed by atoms with Crippen LogP contribution in [0.4, 0.5) is 17.1 Å². The number of halogens is 1. The van der Waals surface area contributed by atoms with Crippen LogP contribution in [0, 0.1) is 0 Å². The van der Waals surface area contributed by atoms with Gasteiger partial charge in [0.2, 0.25) is 5.91 Å². The summed E-state index contributed by atoms with van der Waals surface area (Å²) in [5, 5.41) is 7.57. The Hall–Kier alpha value is -4.23. The lowest BCUT2D eigenvalue weighted by molar-refractivity contribution is -0.111. The van der Waals surface area contributed by atoms with Gasteiger partial charge in [0.25, 0.3) is 0 Å². The third-order valence-electron chi connectivity index (χ3n) is 6.74. The average Bonchev–Trinajstić information content (AvgIpc) is 2.96. The third-order valence-corrected chi connectivity index (χ3v) is 6.74.